The Bertz CT molecular complexity index is 1470. The highest BCUT2D eigenvalue weighted by molar-refractivity contribution is 5.96. The van der Waals surface area contributed by atoms with E-state index >= 15 is 0 Å². The highest BCUT2D eigenvalue weighted by atomic mass is 19.1. The smallest absolute Gasteiger partial charge is 0.319 e. The van der Waals surface area contributed by atoms with E-state index in [9.17, 15) is 27.6 Å². The van der Waals surface area contributed by atoms with Gasteiger partial charge >= 0.3 is 6.03 Å². The van der Waals surface area contributed by atoms with Crippen LogP contribution in [0.25, 0.3) is 0 Å². The molecule has 0 bridgehead atoms. The molecule has 1 saturated carbocycles. The van der Waals surface area contributed by atoms with E-state index in [4.69, 9.17) is 0 Å². The Morgan fingerprint density at radius 1 is 0.833 bits per heavy atom. The number of carbonyl (C=O) groups is 3. The number of amides is 3. The maximum atomic E-state index is 14.6. The minimum absolute atomic E-state index is 0.0213. The van der Waals surface area contributed by atoms with Crippen LogP contribution in [-0.4, -0.2) is 60.2 Å². The lowest BCUT2D eigenvalue weighted by Crippen LogP contribution is -2.48. The van der Waals surface area contributed by atoms with E-state index in [1.165, 1.54) is 24.3 Å². The van der Waals surface area contributed by atoms with Gasteiger partial charge in [-0.15, -0.1) is 0 Å². The lowest BCUT2D eigenvalue weighted by molar-refractivity contribution is 0.0627. The first kappa shape index (κ1) is 29.3. The Balaban J connectivity index is 1.09. The minimum Gasteiger partial charge on any atom is -0.338 e. The molecule has 42 heavy (non-hydrogen) atoms. The number of piperazine rings is 1. The normalized spacial score (nSPS) is 15.4. The number of benzene rings is 3. The molecule has 0 atom stereocenters. The Hall–Kier alpha value is -4.18. The number of hydrogen-bond donors (Lipinski definition) is 2. The maximum absolute atomic E-state index is 14.6. The molecule has 2 N–H and O–H groups in total. The van der Waals surface area contributed by atoms with Crippen LogP contribution in [0, 0.1) is 23.4 Å². The number of ketones is 1. The number of nitrogens with one attached hydrogen (secondary N) is 2. The first-order valence-electron chi connectivity index (χ1n) is 14.2. The van der Waals surface area contributed by atoms with Gasteiger partial charge in [-0.3, -0.25) is 14.5 Å². The minimum atomic E-state index is -0.668. The second-order valence-electron chi connectivity index (χ2n) is 10.9. The molecule has 2 fully saturated rings. The van der Waals surface area contributed by atoms with Gasteiger partial charge in [0.15, 0.2) is 5.78 Å². The number of hydrogen-bond acceptors (Lipinski definition) is 4. The van der Waals surface area contributed by atoms with E-state index in [2.05, 4.69) is 15.5 Å². The summed E-state index contributed by atoms with van der Waals surface area (Å²) in [6.07, 6.45) is 2.49. The van der Waals surface area contributed by atoms with Gasteiger partial charge in [-0.2, -0.15) is 0 Å². The molecular weight excluding hydrogens is 545 g/mol. The summed E-state index contributed by atoms with van der Waals surface area (Å²) in [5.74, 6) is -1.86. The Morgan fingerprint density at radius 3 is 2.33 bits per heavy atom. The van der Waals surface area contributed by atoms with E-state index in [1.54, 1.807) is 11.0 Å². The van der Waals surface area contributed by atoms with E-state index in [1.807, 2.05) is 18.2 Å². The fourth-order valence-electron chi connectivity index (χ4n) is 4.98. The van der Waals surface area contributed by atoms with Crippen molar-refractivity contribution in [2.45, 2.75) is 32.2 Å². The number of halogens is 3. The van der Waals surface area contributed by atoms with Crippen molar-refractivity contribution in [1.29, 1.82) is 0 Å². The summed E-state index contributed by atoms with van der Waals surface area (Å²) in [4.78, 5) is 41.6. The van der Waals surface area contributed by atoms with Crippen molar-refractivity contribution < 1.29 is 27.6 Å². The van der Waals surface area contributed by atoms with Gasteiger partial charge in [-0.05, 0) is 66.6 Å². The van der Waals surface area contributed by atoms with Gasteiger partial charge in [-0.25, -0.2) is 18.0 Å². The molecule has 1 saturated heterocycles. The van der Waals surface area contributed by atoms with Crippen LogP contribution < -0.4 is 10.6 Å². The van der Waals surface area contributed by atoms with Crippen molar-refractivity contribution in [3.05, 3.63) is 100 Å². The number of rotatable bonds is 10. The van der Waals surface area contributed by atoms with Crippen LogP contribution in [0.4, 0.5) is 23.7 Å². The van der Waals surface area contributed by atoms with Crippen LogP contribution in [0.5, 0.6) is 0 Å². The molecule has 7 nitrogen and oxygen atoms in total. The summed E-state index contributed by atoms with van der Waals surface area (Å²) in [7, 11) is 0. The summed E-state index contributed by atoms with van der Waals surface area (Å²) in [5.41, 5.74) is 2.02. The molecule has 10 heteroatoms. The molecular formula is C32H33F3N4O3. The average Bonchev–Trinajstić information content (AvgIpc) is 3.81. The van der Waals surface area contributed by atoms with Gasteiger partial charge < -0.3 is 15.5 Å². The van der Waals surface area contributed by atoms with Crippen molar-refractivity contribution in [3.63, 3.8) is 0 Å². The van der Waals surface area contributed by atoms with Gasteiger partial charge in [0.2, 0.25) is 0 Å². The number of nitrogens with zero attached hydrogens (tertiary/aromatic N) is 2. The molecule has 1 heterocycles. The van der Waals surface area contributed by atoms with Crippen molar-refractivity contribution in [2.24, 2.45) is 5.92 Å². The molecule has 0 aromatic heterocycles. The van der Waals surface area contributed by atoms with Gasteiger partial charge in [0.1, 0.15) is 17.5 Å². The van der Waals surface area contributed by atoms with Gasteiger partial charge in [0.25, 0.3) is 5.91 Å². The fraction of sp³-hybridized carbons (Fsp3) is 0.344. The quantitative estimate of drug-likeness (QED) is 0.316. The van der Waals surface area contributed by atoms with Gasteiger partial charge in [0, 0.05) is 62.9 Å². The zero-order valence-corrected chi connectivity index (χ0v) is 23.2. The molecule has 1 aliphatic carbocycles. The van der Waals surface area contributed by atoms with Crippen LogP contribution >= 0.6 is 0 Å². The third-order valence-electron chi connectivity index (χ3n) is 7.66. The monoisotopic (exact) mass is 578 g/mol. The molecule has 0 unspecified atom stereocenters. The molecule has 220 valence electrons. The Morgan fingerprint density at radius 2 is 1.62 bits per heavy atom. The standard InChI is InChI=1S/C32H33F3N4O3/c33-26-9-6-23(27(34)18-26)8-11-30(40)24-3-1-2-22(16-24)20-38-12-14-39(15-13-38)31(41)25-7-10-29(28(35)17-25)37-32(42)36-19-21-4-5-21/h1-3,6-7,9-10,16-18,21H,4-5,8,11-15,19-20H2,(H2,36,37,42). The highest BCUT2D eigenvalue weighted by Gasteiger charge is 2.24. The fourth-order valence-corrected chi connectivity index (χ4v) is 4.98. The predicted octanol–water partition coefficient (Wildman–Crippen LogP) is 5.41. The first-order valence-corrected chi connectivity index (χ1v) is 14.2. The van der Waals surface area contributed by atoms with Gasteiger partial charge in [-0.1, -0.05) is 24.3 Å². The summed E-state index contributed by atoms with van der Waals surface area (Å²) >= 11 is 0. The van der Waals surface area contributed by atoms with E-state index in [0.717, 1.165) is 30.5 Å². The SMILES string of the molecule is O=C(NCC1CC1)Nc1ccc(C(=O)N2CCN(Cc3cccc(C(=O)CCc4ccc(F)cc4F)c3)CC2)cc1F. The Kier molecular flexibility index (Phi) is 9.22. The molecule has 3 amide bonds. The summed E-state index contributed by atoms with van der Waals surface area (Å²) in [6, 6.07) is 14.3. The Labute approximate surface area is 242 Å². The zero-order valence-electron chi connectivity index (χ0n) is 23.2. The molecule has 1 aliphatic heterocycles. The van der Waals surface area contributed by atoms with Crippen molar-refractivity contribution in [1.82, 2.24) is 15.1 Å². The van der Waals surface area contributed by atoms with E-state index < -0.39 is 23.5 Å². The number of carbonyl (C=O) groups excluding carboxylic acids is 3. The van der Waals surface area contributed by atoms with Crippen molar-refractivity contribution >= 4 is 23.4 Å². The van der Waals surface area contributed by atoms with Crippen LogP contribution in [0.1, 0.15) is 51.1 Å². The summed E-state index contributed by atoms with van der Waals surface area (Å²) < 4.78 is 41.7. The topological polar surface area (TPSA) is 81.8 Å². The van der Waals surface area contributed by atoms with Crippen molar-refractivity contribution in [2.75, 3.05) is 38.0 Å². The number of Topliss-reactive ketones (excluding diaryl/α,β-unsaturated/α-hetero) is 1. The lowest BCUT2D eigenvalue weighted by atomic mass is 10.0. The zero-order chi connectivity index (χ0) is 29.6. The second kappa shape index (κ2) is 13.2. The molecule has 0 spiro atoms. The number of urea groups is 1. The van der Waals surface area contributed by atoms with Crippen LogP contribution in [-0.2, 0) is 13.0 Å². The maximum Gasteiger partial charge on any atom is 0.319 e. The second-order valence-corrected chi connectivity index (χ2v) is 10.9. The summed E-state index contributed by atoms with van der Waals surface area (Å²) in [5, 5.41) is 5.21. The van der Waals surface area contributed by atoms with Crippen LogP contribution in [0.15, 0.2) is 60.7 Å². The molecule has 2 aliphatic rings. The number of aryl methyl sites for hydroxylation is 1. The van der Waals surface area contributed by atoms with E-state index in [-0.39, 0.29) is 35.8 Å². The van der Waals surface area contributed by atoms with Crippen LogP contribution in [0.3, 0.4) is 0 Å². The van der Waals surface area contributed by atoms with Crippen molar-refractivity contribution in [3.8, 4) is 0 Å². The third-order valence-corrected chi connectivity index (χ3v) is 7.66. The third kappa shape index (κ3) is 7.76. The summed E-state index contributed by atoms with van der Waals surface area (Å²) in [6.45, 7) is 3.31. The largest absolute Gasteiger partial charge is 0.338 e. The average molecular weight is 579 g/mol. The molecule has 3 aromatic carbocycles. The lowest BCUT2D eigenvalue weighted by Gasteiger charge is -2.35. The predicted molar refractivity (Wildman–Crippen MR) is 153 cm³/mol. The molecule has 3 aromatic rings. The highest BCUT2D eigenvalue weighted by Crippen LogP contribution is 2.27. The molecule has 5 rings (SSSR count). The number of anilines is 1. The van der Waals surface area contributed by atoms with Gasteiger partial charge in [0.05, 0.1) is 5.69 Å². The first-order chi connectivity index (χ1) is 20.2. The van der Waals surface area contributed by atoms with E-state index in [0.29, 0.717) is 56.3 Å². The van der Waals surface area contributed by atoms with Crippen LogP contribution in [0.2, 0.25) is 0 Å². The molecule has 0 radical (unpaired) electrons.